The summed E-state index contributed by atoms with van der Waals surface area (Å²) in [7, 11) is -6.91. The zero-order valence-corrected chi connectivity index (χ0v) is 30.0. The third kappa shape index (κ3) is 5.80. The van der Waals surface area contributed by atoms with E-state index in [4.69, 9.17) is 18.0 Å². The van der Waals surface area contributed by atoms with Gasteiger partial charge in [-0.3, -0.25) is 4.79 Å². The first kappa shape index (κ1) is 33.3. The van der Waals surface area contributed by atoms with Crippen molar-refractivity contribution >= 4 is 30.7 Å². The molecule has 37 heavy (non-hydrogen) atoms. The molecule has 1 spiro atoms. The zero-order valence-electron chi connectivity index (χ0n) is 27.0. The third-order valence-corrected chi connectivity index (χ3v) is 23.8. The molecule has 9 heteroatoms. The Kier molecular flexibility index (Phi) is 8.65. The normalized spacial score (nSPS) is 34.6. The number of Topliss-reactive ketones (excluding diaryl/α,β-unsaturated/α-hetero) is 1. The van der Waals surface area contributed by atoms with E-state index in [0.29, 0.717) is 0 Å². The second-order valence-corrected chi connectivity index (χ2v) is 30.6. The summed E-state index contributed by atoms with van der Waals surface area (Å²) in [6, 6.07) is 0. The maximum Gasteiger partial charge on any atom is 0.192 e. The molecule has 0 amide bonds. The maximum absolute atomic E-state index is 12.8. The number of ether oxygens (including phenoxy) is 1. The number of carbonyl (C=O) groups excluding carboxylic acids is 1. The van der Waals surface area contributed by atoms with Crippen LogP contribution in [0.3, 0.4) is 0 Å². The van der Waals surface area contributed by atoms with Crippen LogP contribution in [0.5, 0.6) is 0 Å². The van der Waals surface area contributed by atoms with Crippen molar-refractivity contribution in [2.45, 2.75) is 173 Å². The van der Waals surface area contributed by atoms with Crippen molar-refractivity contribution in [2.75, 3.05) is 0 Å². The van der Waals surface area contributed by atoms with Crippen LogP contribution in [0.15, 0.2) is 0 Å². The van der Waals surface area contributed by atoms with Crippen LogP contribution in [0.4, 0.5) is 0 Å². The van der Waals surface area contributed by atoms with Gasteiger partial charge in [-0.1, -0.05) is 62.3 Å². The summed E-state index contributed by atoms with van der Waals surface area (Å²) < 4.78 is 28.2. The molecule has 0 aromatic carbocycles. The monoisotopic (exact) mass is 574 g/mol. The summed E-state index contributed by atoms with van der Waals surface area (Å²) >= 11 is 0. The van der Waals surface area contributed by atoms with E-state index in [1.54, 1.807) is 6.92 Å². The van der Waals surface area contributed by atoms with Gasteiger partial charge >= 0.3 is 0 Å². The number of ketones is 1. The van der Waals surface area contributed by atoms with Gasteiger partial charge in [0.1, 0.15) is 17.8 Å². The molecular weight excluding hydrogens is 517 g/mol. The Morgan fingerprint density at radius 1 is 0.757 bits per heavy atom. The van der Waals surface area contributed by atoms with E-state index in [2.05, 4.69) is 102 Å². The van der Waals surface area contributed by atoms with Gasteiger partial charge in [0.2, 0.25) is 0 Å². The SMILES string of the molecule is C[C@@H]1O[C@@]2(CC(=O)C2(C)O)[C@H](O[Si](C)(C)C(C)(C)C)[C@H](O[Si](C)(C)C(C)(C)C)[C@H]1O[Si](C)(C)C(C)(C)C. The molecule has 2 fully saturated rings. The lowest BCUT2D eigenvalue weighted by Crippen LogP contribution is -2.83. The summed E-state index contributed by atoms with van der Waals surface area (Å²) in [5.41, 5.74) is -2.81. The lowest BCUT2D eigenvalue weighted by atomic mass is 9.59. The summed E-state index contributed by atoms with van der Waals surface area (Å²) in [5, 5.41) is 11.4. The first-order valence-corrected chi connectivity index (χ1v) is 22.7. The molecule has 0 bridgehead atoms. The van der Waals surface area contributed by atoms with Crippen molar-refractivity contribution in [1.29, 1.82) is 0 Å². The van der Waals surface area contributed by atoms with Gasteiger partial charge in [0.25, 0.3) is 0 Å². The number of carbonyl (C=O) groups is 1. The van der Waals surface area contributed by atoms with Crippen LogP contribution in [0.1, 0.15) is 82.6 Å². The van der Waals surface area contributed by atoms with Gasteiger partial charge in [-0.15, -0.1) is 0 Å². The van der Waals surface area contributed by atoms with E-state index in [0.717, 1.165) is 0 Å². The van der Waals surface area contributed by atoms with Gasteiger partial charge in [-0.2, -0.15) is 0 Å². The number of hydrogen-bond donors (Lipinski definition) is 1. The molecule has 1 aliphatic carbocycles. The Morgan fingerprint density at radius 3 is 1.43 bits per heavy atom. The van der Waals surface area contributed by atoms with Crippen molar-refractivity contribution in [3.63, 3.8) is 0 Å². The Hall–Kier alpha value is 0.121. The van der Waals surface area contributed by atoms with Crippen molar-refractivity contribution in [3.8, 4) is 0 Å². The van der Waals surface area contributed by atoms with Gasteiger partial charge in [0.05, 0.1) is 12.2 Å². The molecule has 1 aliphatic heterocycles. The smallest absolute Gasteiger partial charge is 0.192 e. The Bertz CT molecular complexity index is 863. The molecular formula is C28H58O6Si3. The predicted octanol–water partition coefficient (Wildman–Crippen LogP) is 7.04. The molecule has 2 aliphatic rings. The van der Waals surface area contributed by atoms with Crippen LogP contribution >= 0.6 is 0 Å². The molecule has 218 valence electrons. The van der Waals surface area contributed by atoms with Crippen molar-refractivity contribution in [1.82, 2.24) is 0 Å². The second kappa shape index (κ2) is 9.60. The average molecular weight is 575 g/mol. The van der Waals surface area contributed by atoms with Gasteiger partial charge in [0, 0.05) is 6.42 Å². The average Bonchev–Trinajstić information content (AvgIpc) is 2.64. The van der Waals surface area contributed by atoms with Crippen molar-refractivity contribution in [2.24, 2.45) is 0 Å². The summed E-state index contributed by atoms with van der Waals surface area (Å²) in [4.78, 5) is 12.8. The molecule has 6 atom stereocenters. The van der Waals surface area contributed by atoms with Gasteiger partial charge in [-0.25, -0.2) is 0 Å². The van der Waals surface area contributed by atoms with Crippen molar-refractivity contribution in [3.05, 3.63) is 0 Å². The number of hydrogen-bond acceptors (Lipinski definition) is 6. The molecule has 1 saturated carbocycles. The van der Waals surface area contributed by atoms with E-state index in [9.17, 15) is 9.90 Å². The lowest BCUT2D eigenvalue weighted by Gasteiger charge is -2.64. The van der Waals surface area contributed by atoms with Gasteiger partial charge < -0.3 is 23.1 Å². The zero-order chi connectivity index (χ0) is 29.4. The minimum absolute atomic E-state index is 0.00289. The highest BCUT2D eigenvalue weighted by molar-refractivity contribution is 6.75. The highest BCUT2D eigenvalue weighted by Crippen LogP contribution is 2.55. The van der Waals surface area contributed by atoms with Gasteiger partial charge in [-0.05, 0) is 68.2 Å². The fraction of sp³-hybridized carbons (Fsp3) is 0.964. The second-order valence-electron chi connectivity index (χ2n) is 16.4. The van der Waals surface area contributed by atoms with Crippen LogP contribution < -0.4 is 0 Å². The standard InChI is InChI=1S/C28H58O6Si3/c1-19-21(32-35(12,13)24(2,3)4)22(33-36(14,15)25(5,6)7)23(34-37(16,17)26(8,9)10)28(31-19)18-20(29)27(28,11)30/h19,21-23,30H,18H2,1-17H3/t19-,21-,22+,23+,27?,28-/m0/s1. The molecule has 0 radical (unpaired) electrons. The Morgan fingerprint density at radius 2 is 1.11 bits per heavy atom. The summed E-state index contributed by atoms with van der Waals surface area (Å²) in [6.07, 6.45) is -1.72. The fourth-order valence-electron chi connectivity index (χ4n) is 4.40. The first-order valence-electron chi connectivity index (χ1n) is 14.0. The van der Waals surface area contributed by atoms with Crippen LogP contribution in [0.25, 0.3) is 0 Å². The van der Waals surface area contributed by atoms with Crippen LogP contribution in [-0.2, 0) is 22.8 Å². The van der Waals surface area contributed by atoms with E-state index < -0.39 is 48.4 Å². The molecule has 6 nitrogen and oxygen atoms in total. The summed E-state index contributed by atoms with van der Waals surface area (Å²) in [5.74, 6) is -0.210. The summed E-state index contributed by atoms with van der Waals surface area (Å²) in [6.45, 7) is 37.0. The Labute approximate surface area is 231 Å². The molecule has 2 rings (SSSR count). The van der Waals surface area contributed by atoms with Crippen LogP contribution in [0.2, 0.25) is 54.4 Å². The molecule has 0 aromatic rings. The third-order valence-electron chi connectivity index (χ3n) is 10.4. The van der Waals surface area contributed by atoms with Crippen LogP contribution in [0, 0.1) is 0 Å². The first-order chi connectivity index (χ1) is 16.0. The number of aliphatic hydroxyl groups is 1. The van der Waals surface area contributed by atoms with E-state index in [1.807, 2.05) is 6.92 Å². The minimum Gasteiger partial charge on any atom is -0.409 e. The molecule has 1 N–H and O–H groups in total. The topological polar surface area (TPSA) is 74.2 Å². The molecule has 1 heterocycles. The maximum atomic E-state index is 12.8. The highest BCUT2D eigenvalue weighted by atomic mass is 28.4. The highest BCUT2D eigenvalue weighted by Gasteiger charge is 2.74. The molecule has 1 saturated heterocycles. The van der Waals surface area contributed by atoms with Gasteiger partial charge in [0.15, 0.2) is 36.3 Å². The number of rotatable bonds is 6. The van der Waals surface area contributed by atoms with E-state index in [1.165, 1.54) is 0 Å². The molecule has 1 unspecified atom stereocenters. The lowest BCUT2D eigenvalue weighted by molar-refractivity contribution is -0.318. The van der Waals surface area contributed by atoms with E-state index in [-0.39, 0.29) is 39.5 Å². The van der Waals surface area contributed by atoms with Crippen LogP contribution in [-0.4, -0.2) is 71.5 Å². The quantitative estimate of drug-likeness (QED) is 0.343. The Balaban J connectivity index is 2.77. The molecule has 0 aromatic heterocycles. The largest absolute Gasteiger partial charge is 0.409 e. The van der Waals surface area contributed by atoms with Crippen molar-refractivity contribution < 1.29 is 27.9 Å². The minimum atomic E-state index is -2.37. The fourth-order valence-corrected chi connectivity index (χ4v) is 8.36. The van der Waals surface area contributed by atoms with E-state index >= 15 is 0 Å². The predicted molar refractivity (Wildman–Crippen MR) is 160 cm³/mol.